The van der Waals surface area contributed by atoms with Crippen LogP contribution >= 0.6 is 11.6 Å². The fourth-order valence-electron chi connectivity index (χ4n) is 2.81. The number of hydrogen-bond donors (Lipinski definition) is 2. The molecule has 0 saturated heterocycles. The fourth-order valence-corrected chi connectivity index (χ4v) is 2.97. The molecule has 3 rings (SSSR count). The highest BCUT2D eigenvalue weighted by molar-refractivity contribution is 6.32. The maximum Gasteiger partial charge on any atom is 0.255 e. The summed E-state index contributed by atoms with van der Waals surface area (Å²) in [5.41, 5.74) is 9.21. The van der Waals surface area contributed by atoms with E-state index in [9.17, 15) is 10.1 Å². The number of benzene rings is 2. The lowest BCUT2D eigenvalue weighted by Gasteiger charge is -2.17. The molecule has 0 aliphatic heterocycles. The Morgan fingerprint density at radius 1 is 1.16 bits per heavy atom. The largest absolute Gasteiger partial charge is 0.382 e. The number of nitriles is 1. The standard InChI is InChI=1S/C25H21ClN4O/c1-16-7-9-19(12-18(16)10-8-17-11-22(26)23(28)29-14-17)24(31)30-21-6-4-5-20(13-21)25(2,3)15-27/h4-7,9,11-14H,1-3H3,(H2,28,29)(H,30,31). The Morgan fingerprint density at radius 2 is 1.94 bits per heavy atom. The van der Waals surface area contributed by atoms with Crippen molar-refractivity contribution < 1.29 is 4.79 Å². The van der Waals surface area contributed by atoms with Crippen molar-refractivity contribution in [3.63, 3.8) is 0 Å². The van der Waals surface area contributed by atoms with Crippen LogP contribution in [0.4, 0.5) is 11.5 Å². The van der Waals surface area contributed by atoms with E-state index in [1.54, 1.807) is 30.5 Å². The number of hydrogen-bond acceptors (Lipinski definition) is 4. The lowest BCUT2D eigenvalue weighted by molar-refractivity contribution is 0.102. The molecule has 0 radical (unpaired) electrons. The molecule has 3 aromatic rings. The van der Waals surface area contributed by atoms with Crippen molar-refractivity contribution in [2.45, 2.75) is 26.2 Å². The molecule has 154 valence electrons. The Bertz CT molecular complexity index is 1260. The summed E-state index contributed by atoms with van der Waals surface area (Å²) in [7, 11) is 0. The second-order valence-corrected chi connectivity index (χ2v) is 8.05. The van der Waals surface area contributed by atoms with Crippen LogP contribution in [0.3, 0.4) is 0 Å². The van der Waals surface area contributed by atoms with Gasteiger partial charge in [-0.3, -0.25) is 4.79 Å². The van der Waals surface area contributed by atoms with Crippen LogP contribution < -0.4 is 11.1 Å². The number of rotatable bonds is 3. The van der Waals surface area contributed by atoms with Crippen LogP contribution in [0.2, 0.25) is 5.02 Å². The molecule has 5 nitrogen and oxygen atoms in total. The van der Waals surface area contributed by atoms with Crippen molar-refractivity contribution in [2.24, 2.45) is 0 Å². The summed E-state index contributed by atoms with van der Waals surface area (Å²) < 4.78 is 0. The van der Waals surface area contributed by atoms with E-state index in [-0.39, 0.29) is 11.7 Å². The van der Waals surface area contributed by atoms with E-state index in [1.165, 1.54) is 0 Å². The van der Waals surface area contributed by atoms with Gasteiger partial charge in [-0.15, -0.1) is 0 Å². The Kier molecular flexibility index (Phi) is 6.30. The van der Waals surface area contributed by atoms with Crippen molar-refractivity contribution in [3.05, 3.63) is 87.6 Å². The van der Waals surface area contributed by atoms with Gasteiger partial charge in [0.2, 0.25) is 0 Å². The van der Waals surface area contributed by atoms with Gasteiger partial charge in [0.25, 0.3) is 5.91 Å². The molecule has 0 bridgehead atoms. The van der Waals surface area contributed by atoms with Gasteiger partial charge in [0.1, 0.15) is 5.82 Å². The number of aromatic nitrogens is 1. The molecule has 1 heterocycles. The highest BCUT2D eigenvalue weighted by Gasteiger charge is 2.20. The lowest BCUT2D eigenvalue weighted by Crippen LogP contribution is -2.16. The third-order valence-corrected chi connectivity index (χ3v) is 5.14. The first-order valence-electron chi connectivity index (χ1n) is 9.56. The molecule has 0 aliphatic rings. The zero-order valence-corrected chi connectivity index (χ0v) is 18.2. The van der Waals surface area contributed by atoms with E-state index >= 15 is 0 Å². The molecule has 0 unspecified atom stereocenters. The summed E-state index contributed by atoms with van der Waals surface area (Å²) in [5, 5.41) is 12.6. The van der Waals surface area contributed by atoms with E-state index in [2.05, 4.69) is 28.2 Å². The Hall–Kier alpha value is -3.80. The average molecular weight is 429 g/mol. The van der Waals surface area contributed by atoms with Crippen molar-refractivity contribution in [1.82, 2.24) is 4.98 Å². The number of aryl methyl sites for hydroxylation is 1. The van der Waals surface area contributed by atoms with Crippen LogP contribution in [0, 0.1) is 30.1 Å². The predicted molar refractivity (Wildman–Crippen MR) is 124 cm³/mol. The molecular weight excluding hydrogens is 408 g/mol. The molecule has 31 heavy (non-hydrogen) atoms. The normalized spacial score (nSPS) is 10.5. The smallest absolute Gasteiger partial charge is 0.255 e. The molecule has 0 spiro atoms. The third kappa shape index (κ3) is 5.22. The number of nitrogen functional groups attached to an aromatic ring is 1. The van der Waals surface area contributed by atoms with E-state index in [1.807, 2.05) is 45.0 Å². The van der Waals surface area contributed by atoms with Gasteiger partial charge >= 0.3 is 0 Å². The van der Waals surface area contributed by atoms with Crippen LogP contribution in [0.25, 0.3) is 0 Å². The molecule has 6 heteroatoms. The van der Waals surface area contributed by atoms with Gasteiger partial charge in [-0.1, -0.05) is 41.6 Å². The van der Waals surface area contributed by atoms with Crippen molar-refractivity contribution in [3.8, 4) is 17.9 Å². The van der Waals surface area contributed by atoms with Crippen LogP contribution in [0.15, 0.2) is 54.7 Å². The van der Waals surface area contributed by atoms with Gasteiger partial charge in [0.05, 0.1) is 16.5 Å². The Balaban J connectivity index is 1.84. The number of carbonyl (C=O) groups excluding carboxylic acids is 1. The topological polar surface area (TPSA) is 91.8 Å². The van der Waals surface area contributed by atoms with Gasteiger partial charge in [0, 0.05) is 28.6 Å². The van der Waals surface area contributed by atoms with Crippen LogP contribution in [-0.2, 0) is 5.41 Å². The summed E-state index contributed by atoms with van der Waals surface area (Å²) in [6.45, 7) is 5.60. The molecular formula is C25H21ClN4O. The Labute approximate surface area is 186 Å². The molecule has 0 fully saturated rings. The first kappa shape index (κ1) is 21.9. The van der Waals surface area contributed by atoms with Gasteiger partial charge < -0.3 is 11.1 Å². The van der Waals surface area contributed by atoms with Gasteiger partial charge in [-0.2, -0.15) is 5.26 Å². The lowest BCUT2D eigenvalue weighted by atomic mass is 9.86. The van der Waals surface area contributed by atoms with Crippen molar-refractivity contribution >= 4 is 29.0 Å². The maximum atomic E-state index is 12.8. The van der Waals surface area contributed by atoms with Crippen LogP contribution in [-0.4, -0.2) is 10.9 Å². The second-order valence-electron chi connectivity index (χ2n) is 7.64. The summed E-state index contributed by atoms with van der Waals surface area (Å²) in [6.07, 6.45) is 1.55. The number of halogens is 1. The monoisotopic (exact) mass is 428 g/mol. The minimum Gasteiger partial charge on any atom is -0.382 e. The first-order chi connectivity index (χ1) is 14.7. The predicted octanol–water partition coefficient (Wildman–Crippen LogP) is 5.08. The summed E-state index contributed by atoms with van der Waals surface area (Å²) in [4.78, 5) is 16.8. The molecule has 3 N–H and O–H groups in total. The average Bonchev–Trinajstić information content (AvgIpc) is 2.75. The quantitative estimate of drug-likeness (QED) is 0.569. The van der Waals surface area contributed by atoms with Gasteiger partial charge in [0.15, 0.2) is 0 Å². The van der Waals surface area contributed by atoms with E-state index < -0.39 is 5.41 Å². The van der Waals surface area contributed by atoms with Crippen LogP contribution in [0.1, 0.15) is 46.5 Å². The summed E-state index contributed by atoms with van der Waals surface area (Å²) >= 11 is 5.99. The van der Waals surface area contributed by atoms with Crippen molar-refractivity contribution in [1.29, 1.82) is 5.26 Å². The first-order valence-corrected chi connectivity index (χ1v) is 9.94. The van der Waals surface area contributed by atoms with E-state index in [0.29, 0.717) is 21.8 Å². The highest BCUT2D eigenvalue weighted by atomic mass is 35.5. The fraction of sp³-hybridized carbons (Fsp3) is 0.160. The third-order valence-electron chi connectivity index (χ3n) is 4.83. The minimum atomic E-state index is -0.646. The summed E-state index contributed by atoms with van der Waals surface area (Å²) in [6, 6.07) is 16.6. The number of carbonyl (C=O) groups is 1. The number of pyridine rings is 1. The number of nitrogens with one attached hydrogen (secondary N) is 1. The van der Waals surface area contributed by atoms with E-state index in [4.69, 9.17) is 17.3 Å². The minimum absolute atomic E-state index is 0.254. The second kappa shape index (κ2) is 8.92. The number of amides is 1. The zero-order valence-electron chi connectivity index (χ0n) is 17.5. The number of nitrogens with two attached hydrogens (primary N) is 1. The van der Waals surface area contributed by atoms with Gasteiger partial charge in [-0.25, -0.2) is 4.98 Å². The molecule has 1 aromatic heterocycles. The SMILES string of the molecule is Cc1ccc(C(=O)Nc2cccc(C(C)(C)C#N)c2)cc1C#Cc1cnc(N)c(Cl)c1. The molecule has 0 atom stereocenters. The highest BCUT2D eigenvalue weighted by Crippen LogP contribution is 2.25. The Morgan fingerprint density at radius 3 is 2.65 bits per heavy atom. The number of anilines is 2. The van der Waals surface area contributed by atoms with Crippen molar-refractivity contribution in [2.75, 3.05) is 11.1 Å². The maximum absolute atomic E-state index is 12.8. The summed E-state index contributed by atoms with van der Waals surface area (Å²) in [5.74, 6) is 6.06. The zero-order chi connectivity index (χ0) is 22.6. The van der Waals surface area contributed by atoms with E-state index in [0.717, 1.165) is 16.7 Å². The molecule has 0 saturated carbocycles. The van der Waals surface area contributed by atoms with Gasteiger partial charge in [-0.05, 0) is 62.2 Å². The molecule has 2 aromatic carbocycles. The molecule has 0 aliphatic carbocycles. The molecule has 1 amide bonds. The van der Waals surface area contributed by atoms with Crippen LogP contribution in [0.5, 0.6) is 0 Å². The number of nitrogens with zero attached hydrogens (tertiary/aromatic N) is 2.